The summed E-state index contributed by atoms with van der Waals surface area (Å²) in [6, 6.07) is 21.7. The van der Waals surface area contributed by atoms with Gasteiger partial charge in [-0.3, -0.25) is 0 Å². The zero-order valence-electron chi connectivity index (χ0n) is 16.3. The number of benzene rings is 4. The zero-order valence-corrected chi connectivity index (χ0v) is 21.8. The van der Waals surface area contributed by atoms with Crippen molar-refractivity contribution in [2.75, 3.05) is 0 Å². The molecule has 4 rings (SSSR count). The van der Waals surface area contributed by atoms with E-state index in [1.807, 2.05) is 50.2 Å². The van der Waals surface area contributed by atoms with Gasteiger partial charge in [0.2, 0.25) is 0 Å². The molecule has 0 aromatic heterocycles. The smallest absolute Gasteiger partial charge is 0.545 e. The number of fused-ring (bicyclic) bond motifs is 2. The van der Waals surface area contributed by atoms with E-state index >= 15 is 0 Å². The van der Waals surface area contributed by atoms with Crippen LogP contribution in [0.15, 0.2) is 72.8 Å². The fourth-order valence-corrected chi connectivity index (χ4v) is 3.29. The van der Waals surface area contributed by atoms with E-state index in [1.165, 1.54) is 0 Å². The Hall–Kier alpha value is -2.72. The monoisotopic (exact) mass is 572 g/mol. The van der Waals surface area contributed by atoms with Gasteiger partial charge < -0.3 is 19.8 Å². The first-order valence-corrected chi connectivity index (χ1v) is 8.79. The van der Waals surface area contributed by atoms with E-state index in [1.54, 1.807) is 36.4 Å². The molecule has 5 heteroatoms. The summed E-state index contributed by atoms with van der Waals surface area (Å²) in [5, 5.41) is 25.1. The summed E-state index contributed by atoms with van der Waals surface area (Å²) in [6.07, 6.45) is 0. The third kappa shape index (κ3) is 4.82. The molecule has 0 saturated carbocycles. The number of carboxylic acids is 2. The Morgan fingerprint density at radius 1 is 0.552 bits per heavy atom. The molecule has 0 aliphatic carbocycles. The number of hydrogen-bond acceptors (Lipinski definition) is 4. The minimum Gasteiger partial charge on any atom is -0.545 e. The Balaban J connectivity index is 0.000000200. The van der Waals surface area contributed by atoms with Crippen LogP contribution in [0.25, 0.3) is 21.5 Å². The van der Waals surface area contributed by atoms with Crippen molar-refractivity contribution in [1.82, 2.24) is 0 Å². The average molecular weight is 571 g/mol. The van der Waals surface area contributed by atoms with Crippen LogP contribution in [0, 0.1) is 13.8 Å². The number of rotatable bonds is 2. The molecule has 0 aliphatic heterocycles. The van der Waals surface area contributed by atoms with Crippen LogP contribution in [0.5, 0.6) is 0 Å². The van der Waals surface area contributed by atoms with Gasteiger partial charge in [0.1, 0.15) is 0 Å². The van der Waals surface area contributed by atoms with Crippen LogP contribution in [0.2, 0.25) is 0 Å². The molecule has 140 valence electrons. The third-order valence-electron chi connectivity index (χ3n) is 4.72. The first kappa shape index (κ1) is 22.6. The van der Waals surface area contributed by atoms with E-state index in [2.05, 4.69) is 0 Å². The van der Waals surface area contributed by atoms with E-state index in [4.69, 9.17) is 0 Å². The van der Waals surface area contributed by atoms with Crippen LogP contribution in [0.3, 0.4) is 0 Å². The molecule has 0 N–H and O–H groups in total. The van der Waals surface area contributed by atoms with Gasteiger partial charge in [-0.05, 0) is 46.5 Å². The Morgan fingerprint density at radius 3 is 1.21 bits per heavy atom. The van der Waals surface area contributed by atoms with Gasteiger partial charge >= 0.3 is 27.7 Å². The topological polar surface area (TPSA) is 80.3 Å². The second-order valence-corrected chi connectivity index (χ2v) is 6.53. The van der Waals surface area contributed by atoms with Gasteiger partial charge in [0, 0.05) is 11.1 Å². The molecule has 4 aromatic carbocycles. The minimum absolute atomic E-state index is 0. The van der Waals surface area contributed by atoms with Gasteiger partial charge in [0.05, 0.1) is 11.9 Å². The molecular formula is C24H18HgO4. The molecule has 29 heavy (non-hydrogen) atoms. The van der Waals surface area contributed by atoms with Crippen molar-refractivity contribution in [3.05, 3.63) is 95.1 Å². The molecule has 0 bridgehead atoms. The molecule has 4 aromatic rings. The molecule has 0 radical (unpaired) electrons. The summed E-state index contributed by atoms with van der Waals surface area (Å²) in [5.74, 6) is -2.25. The molecule has 0 heterocycles. The largest absolute Gasteiger partial charge is 2.00 e. The van der Waals surface area contributed by atoms with Gasteiger partial charge in [-0.15, -0.1) is 0 Å². The first-order valence-electron chi connectivity index (χ1n) is 8.79. The first-order chi connectivity index (χ1) is 13.4. The Labute approximate surface area is 189 Å². The molecule has 0 fully saturated rings. The maximum atomic E-state index is 10.8. The van der Waals surface area contributed by atoms with Gasteiger partial charge in [-0.25, -0.2) is 0 Å². The Morgan fingerprint density at radius 2 is 0.862 bits per heavy atom. The Kier molecular flexibility index (Phi) is 7.51. The zero-order chi connectivity index (χ0) is 20.3. The molecule has 0 atom stereocenters. The van der Waals surface area contributed by atoms with E-state index in [-0.39, 0.29) is 38.8 Å². The van der Waals surface area contributed by atoms with Crippen molar-refractivity contribution in [2.45, 2.75) is 13.8 Å². The number of carbonyl (C=O) groups is 2. The summed E-state index contributed by atoms with van der Waals surface area (Å²) < 4.78 is 0. The second-order valence-electron chi connectivity index (χ2n) is 6.53. The maximum Gasteiger partial charge on any atom is 2.00 e. The molecule has 0 aliphatic rings. The number of carbonyl (C=O) groups excluding carboxylic acids is 2. The quantitative estimate of drug-likeness (QED) is 0.347. The molecule has 0 spiro atoms. The van der Waals surface area contributed by atoms with Crippen molar-refractivity contribution in [2.24, 2.45) is 0 Å². The summed E-state index contributed by atoms with van der Waals surface area (Å²) in [7, 11) is 0. The SMILES string of the molecule is Cc1cccc2c(C(=O)[O-])cccc12.Cc1cccc2c(C(=O)[O-])cccc12.[Hg+2]. The predicted octanol–water partition coefficient (Wildman–Crippen LogP) is 3.02. The summed E-state index contributed by atoms with van der Waals surface area (Å²) >= 11 is 0. The van der Waals surface area contributed by atoms with Crippen molar-refractivity contribution < 1.29 is 47.5 Å². The van der Waals surface area contributed by atoms with Crippen LogP contribution < -0.4 is 10.2 Å². The third-order valence-corrected chi connectivity index (χ3v) is 4.72. The molecule has 0 saturated heterocycles. The van der Waals surface area contributed by atoms with Crippen LogP contribution in [-0.2, 0) is 27.7 Å². The van der Waals surface area contributed by atoms with Gasteiger partial charge in [0.25, 0.3) is 0 Å². The molecule has 4 nitrogen and oxygen atoms in total. The summed E-state index contributed by atoms with van der Waals surface area (Å²) in [4.78, 5) is 21.6. The van der Waals surface area contributed by atoms with Crippen molar-refractivity contribution in [3.8, 4) is 0 Å². The van der Waals surface area contributed by atoms with Gasteiger partial charge in [0.15, 0.2) is 0 Å². The van der Waals surface area contributed by atoms with Gasteiger partial charge in [-0.2, -0.15) is 0 Å². The van der Waals surface area contributed by atoms with Crippen LogP contribution in [-0.4, -0.2) is 11.9 Å². The van der Waals surface area contributed by atoms with Crippen LogP contribution in [0.4, 0.5) is 0 Å². The van der Waals surface area contributed by atoms with Crippen LogP contribution >= 0.6 is 0 Å². The molecule has 0 amide bonds. The fourth-order valence-electron chi connectivity index (χ4n) is 3.29. The van der Waals surface area contributed by atoms with Crippen LogP contribution in [0.1, 0.15) is 31.8 Å². The number of aromatic carboxylic acids is 2. The Bertz CT molecular complexity index is 1100. The van der Waals surface area contributed by atoms with Crippen molar-refractivity contribution in [3.63, 3.8) is 0 Å². The summed E-state index contributed by atoms with van der Waals surface area (Å²) in [6.45, 7) is 3.92. The normalized spacial score (nSPS) is 10.0. The number of hydrogen-bond donors (Lipinski definition) is 0. The average Bonchev–Trinajstić information content (AvgIpc) is 2.68. The number of aryl methyl sites for hydroxylation is 2. The minimum atomic E-state index is -1.12. The number of carboxylic acid groups (broad SMARTS) is 2. The van der Waals surface area contributed by atoms with E-state index in [9.17, 15) is 19.8 Å². The maximum absolute atomic E-state index is 10.8. The van der Waals surface area contributed by atoms with E-state index < -0.39 is 11.9 Å². The molecular weight excluding hydrogens is 553 g/mol. The second kappa shape index (κ2) is 9.66. The summed E-state index contributed by atoms with van der Waals surface area (Å²) in [5.41, 5.74) is 2.66. The van der Waals surface area contributed by atoms with E-state index in [0.29, 0.717) is 0 Å². The standard InChI is InChI=1S/2C12H10O2.Hg/c2*1-8-4-2-6-10-9(8)5-3-7-11(10)12(13)14;/h2*2-7H,1H3,(H,13,14);/q;;+2/p-2. The predicted molar refractivity (Wildman–Crippen MR) is 106 cm³/mol. The van der Waals surface area contributed by atoms with Gasteiger partial charge in [-0.1, -0.05) is 72.8 Å². The molecule has 0 unspecified atom stereocenters. The van der Waals surface area contributed by atoms with Crippen molar-refractivity contribution in [1.29, 1.82) is 0 Å². The van der Waals surface area contributed by atoms with Crippen molar-refractivity contribution >= 4 is 33.5 Å². The van der Waals surface area contributed by atoms with E-state index in [0.717, 1.165) is 32.7 Å². The fraction of sp³-hybridized carbons (Fsp3) is 0.0833.